The summed E-state index contributed by atoms with van der Waals surface area (Å²) in [6.07, 6.45) is 7.30. The molecule has 1 unspecified atom stereocenters. The van der Waals surface area contributed by atoms with E-state index in [-0.39, 0.29) is 6.42 Å². The molecule has 2 nitrogen and oxygen atoms in total. The summed E-state index contributed by atoms with van der Waals surface area (Å²) in [5.41, 5.74) is 5.86. The van der Waals surface area contributed by atoms with Crippen molar-refractivity contribution in [3.8, 4) is 0 Å². The van der Waals surface area contributed by atoms with E-state index in [0.29, 0.717) is 6.42 Å². The molecule has 2 aliphatic carbocycles. The van der Waals surface area contributed by atoms with Crippen molar-refractivity contribution in [2.24, 2.45) is 0 Å². The van der Waals surface area contributed by atoms with Crippen molar-refractivity contribution in [1.29, 1.82) is 0 Å². The zero-order chi connectivity index (χ0) is 11.8. The van der Waals surface area contributed by atoms with Crippen molar-refractivity contribution in [1.82, 2.24) is 0 Å². The number of hydrogen-bond acceptors (Lipinski definition) is 1. The summed E-state index contributed by atoms with van der Waals surface area (Å²) in [6, 6.07) is 4.52. The summed E-state index contributed by atoms with van der Waals surface area (Å²) < 4.78 is 0. The molecular formula is C15H18O2. The lowest BCUT2D eigenvalue weighted by Crippen LogP contribution is -2.08. The van der Waals surface area contributed by atoms with Gasteiger partial charge in [-0.3, -0.25) is 4.79 Å². The van der Waals surface area contributed by atoms with Crippen LogP contribution in [0.15, 0.2) is 12.1 Å². The fourth-order valence-electron chi connectivity index (χ4n) is 3.49. The minimum Gasteiger partial charge on any atom is -0.481 e. The van der Waals surface area contributed by atoms with Crippen molar-refractivity contribution in [2.45, 2.75) is 50.9 Å². The van der Waals surface area contributed by atoms with Crippen LogP contribution in [-0.4, -0.2) is 11.1 Å². The normalized spacial score (nSPS) is 21.3. The molecule has 0 saturated carbocycles. The Morgan fingerprint density at radius 2 is 2.00 bits per heavy atom. The molecule has 0 saturated heterocycles. The Kier molecular flexibility index (Phi) is 2.65. The third kappa shape index (κ3) is 1.97. The van der Waals surface area contributed by atoms with Gasteiger partial charge in [-0.05, 0) is 66.7 Å². The maximum absolute atomic E-state index is 10.6. The van der Waals surface area contributed by atoms with E-state index >= 15 is 0 Å². The highest BCUT2D eigenvalue weighted by Gasteiger charge is 2.28. The van der Waals surface area contributed by atoms with E-state index in [1.807, 2.05) is 0 Å². The molecule has 0 amide bonds. The highest BCUT2D eigenvalue weighted by molar-refractivity contribution is 5.67. The van der Waals surface area contributed by atoms with Crippen LogP contribution in [0.1, 0.15) is 53.9 Å². The van der Waals surface area contributed by atoms with E-state index in [2.05, 4.69) is 12.1 Å². The second kappa shape index (κ2) is 4.17. The van der Waals surface area contributed by atoms with Crippen LogP contribution in [0.25, 0.3) is 0 Å². The van der Waals surface area contributed by atoms with E-state index in [1.54, 1.807) is 5.56 Å². The topological polar surface area (TPSA) is 37.3 Å². The first kappa shape index (κ1) is 10.8. The molecule has 0 spiro atoms. The summed E-state index contributed by atoms with van der Waals surface area (Å²) in [5.74, 6) is 0.110. The average Bonchev–Trinajstić information content (AvgIpc) is 2.72. The lowest BCUT2D eigenvalue weighted by Gasteiger charge is -2.22. The molecule has 3 rings (SSSR count). The Morgan fingerprint density at radius 1 is 1.24 bits per heavy atom. The van der Waals surface area contributed by atoms with Gasteiger partial charge in [0, 0.05) is 6.42 Å². The third-order valence-corrected chi connectivity index (χ3v) is 4.21. The first-order valence-electron chi connectivity index (χ1n) is 6.60. The zero-order valence-corrected chi connectivity index (χ0v) is 10.0. The number of hydrogen-bond donors (Lipinski definition) is 1. The molecule has 1 N–H and O–H groups in total. The second-order valence-corrected chi connectivity index (χ2v) is 5.35. The molecule has 17 heavy (non-hydrogen) atoms. The van der Waals surface area contributed by atoms with E-state index in [1.165, 1.54) is 48.8 Å². The molecule has 0 fully saturated rings. The number of benzene rings is 1. The van der Waals surface area contributed by atoms with E-state index in [9.17, 15) is 4.79 Å². The van der Waals surface area contributed by atoms with Crippen LogP contribution >= 0.6 is 0 Å². The standard InChI is InChI=1S/C15H18O2/c16-14(17)7-4-10-8-12-3-1-2-11-5-6-13(9-10)15(11)12/h8-9,11H,1-7H2,(H,16,17). The maximum atomic E-state index is 10.6. The average molecular weight is 230 g/mol. The number of aryl methyl sites for hydroxylation is 3. The highest BCUT2D eigenvalue weighted by atomic mass is 16.4. The fourth-order valence-corrected chi connectivity index (χ4v) is 3.49. The van der Waals surface area contributed by atoms with E-state index < -0.39 is 5.97 Å². The van der Waals surface area contributed by atoms with Crippen molar-refractivity contribution >= 4 is 5.97 Å². The predicted molar refractivity (Wildman–Crippen MR) is 66.4 cm³/mol. The Labute approximate surface area is 102 Å². The van der Waals surface area contributed by atoms with Crippen molar-refractivity contribution in [3.63, 3.8) is 0 Å². The Bertz CT molecular complexity index is 462. The monoisotopic (exact) mass is 230 g/mol. The SMILES string of the molecule is O=C(O)CCc1cc2c3c(c1)CCC3CCC2. The second-order valence-electron chi connectivity index (χ2n) is 5.35. The lowest BCUT2D eigenvalue weighted by molar-refractivity contribution is -0.136. The molecule has 1 atom stereocenters. The predicted octanol–water partition coefficient (Wildman–Crippen LogP) is 3.07. The summed E-state index contributed by atoms with van der Waals surface area (Å²) in [6.45, 7) is 0. The molecule has 0 heterocycles. The molecule has 1 aromatic rings. The van der Waals surface area contributed by atoms with Crippen LogP contribution in [0.4, 0.5) is 0 Å². The summed E-state index contributed by atoms with van der Waals surface area (Å²) >= 11 is 0. The van der Waals surface area contributed by atoms with Crippen LogP contribution in [0.5, 0.6) is 0 Å². The number of carboxylic acid groups (broad SMARTS) is 1. The summed E-state index contributed by atoms with van der Waals surface area (Å²) in [4.78, 5) is 10.6. The third-order valence-electron chi connectivity index (χ3n) is 4.21. The van der Waals surface area contributed by atoms with Gasteiger partial charge in [-0.1, -0.05) is 12.1 Å². The summed E-state index contributed by atoms with van der Waals surface area (Å²) in [7, 11) is 0. The molecule has 0 radical (unpaired) electrons. The summed E-state index contributed by atoms with van der Waals surface area (Å²) in [5, 5.41) is 8.75. The molecule has 2 aliphatic rings. The van der Waals surface area contributed by atoms with Gasteiger partial charge in [-0.25, -0.2) is 0 Å². The van der Waals surface area contributed by atoms with Gasteiger partial charge in [0.15, 0.2) is 0 Å². The quantitative estimate of drug-likeness (QED) is 0.866. The van der Waals surface area contributed by atoms with Crippen molar-refractivity contribution < 1.29 is 9.90 Å². The van der Waals surface area contributed by atoms with Crippen LogP contribution in [0.3, 0.4) is 0 Å². The van der Waals surface area contributed by atoms with Crippen LogP contribution in [0, 0.1) is 0 Å². The fraction of sp³-hybridized carbons (Fsp3) is 0.533. The van der Waals surface area contributed by atoms with Gasteiger partial charge in [-0.2, -0.15) is 0 Å². The Morgan fingerprint density at radius 3 is 2.76 bits per heavy atom. The highest BCUT2D eigenvalue weighted by Crippen LogP contribution is 2.43. The van der Waals surface area contributed by atoms with E-state index in [0.717, 1.165) is 5.92 Å². The van der Waals surface area contributed by atoms with Gasteiger partial charge in [-0.15, -0.1) is 0 Å². The lowest BCUT2D eigenvalue weighted by atomic mass is 9.83. The molecule has 0 bridgehead atoms. The van der Waals surface area contributed by atoms with Crippen molar-refractivity contribution in [2.75, 3.05) is 0 Å². The van der Waals surface area contributed by atoms with Gasteiger partial charge in [0.1, 0.15) is 0 Å². The Balaban J connectivity index is 1.91. The zero-order valence-electron chi connectivity index (χ0n) is 10.0. The molecule has 0 aliphatic heterocycles. The smallest absolute Gasteiger partial charge is 0.303 e. The van der Waals surface area contributed by atoms with Crippen LogP contribution in [0.2, 0.25) is 0 Å². The van der Waals surface area contributed by atoms with Crippen LogP contribution < -0.4 is 0 Å². The Hall–Kier alpha value is -1.31. The number of carbonyl (C=O) groups is 1. The largest absolute Gasteiger partial charge is 0.481 e. The molecule has 1 aromatic carbocycles. The van der Waals surface area contributed by atoms with Crippen LogP contribution in [-0.2, 0) is 24.1 Å². The molecule has 90 valence electrons. The van der Waals surface area contributed by atoms with E-state index in [4.69, 9.17) is 5.11 Å². The molecule has 2 heteroatoms. The molecular weight excluding hydrogens is 212 g/mol. The van der Waals surface area contributed by atoms with Gasteiger partial charge in [0.2, 0.25) is 0 Å². The first-order valence-corrected chi connectivity index (χ1v) is 6.60. The van der Waals surface area contributed by atoms with Gasteiger partial charge in [0.05, 0.1) is 0 Å². The first-order chi connectivity index (χ1) is 8.24. The van der Waals surface area contributed by atoms with Gasteiger partial charge < -0.3 is 5.11 Å². The van der Waals surface area contributed by atoms with Gasteiger partial charge in [0.25, 0.3) is 0 Å². The molecule has 0 aromatic heterocycles. The number of carboxylic acids is 1. The van der Waals surface area contributed by atoms with Crippen molar-refractivity contribution in [3.05, 3.63) is 34.4 Å². The number of aliphatic carboxylic acids is 1. The van der Waals surface area contributed by atoms with Gasteiger partial charge >= 0.3 is 5.97 Å². The minimum atomic E-state index is -0.697. The maximum Gasteiger partial charge on any atom is 0.303 e. The minimum absolute atomic E-state index is 0.252. The number of rotatable bonds is 3.